The van der Waals surface area contributed by atoms with Crippen molar-refractivity contribution in [2.24, 2.45) is 5.92 Å². The molecule has 8 heteroatoms. The molecule has 1 aromatic carbocycles. The van der Waals surface area contributed by atoms with Crippen LogP contribution in [0.4, 0.5) is 13.2 Å². The van der Waals surface area contributed by atoms with Crippen LogP contribution in [0.15, 0.2) is 46.5 Å². The van der Waals surface area contributed by atoms with E-state index in [4.69, 9.17) is 9.26 Å². The third-order valence-electron chi connectivity index (χ3n) is 6.08. The average molecular weight is 448 g/mol. The molecule has 0 N–H and O–H groups in total. The number of hydrogen-bond acceptors (Lipinski definition) is 4. The predicted octanol–water partition coefficient (Wildman–Crippen LogP) is 5.48. The van der Waals surface area contributed by atoms with Crippen molar-refractivity contribution in [2.75, 3.05) is 13.1 Å². The van der Waals surface area contributed by atoms with Crippen LogP contribution in [-0.4, -0.2) is 41.3 Å². The fraction of sp³-hybridized carbons (Fsp3) is 0.500. The molecule has 1 fully saturated rings. The van der Waals surface area contributed by atoms with Crippen LogP contribution in [0, 0.1) is 5.92 Å². The summed E-state index contributed by atoms with van der Waals surface area (Å²) in [6, 6.07) is 3.48. The van der Waals surface area contributed by atoms with Crippen molar-refractivity contribution in [2.45, 2.75) is 57.9 Å². The molecule has 2 aliphatic rings. The first kappa shape index (κ1) is 22.6. The van der Waals surface area contributed by atoms with E-state index in [1.807, 2.05) is 43.9 Å². The maximum absolute atomic E-state index is 13.3. The zero-order valence-electron chi connectivity index (χ0n) is 18.4. The molecule has 2 aromatic rings. The van der Waals surface area contributed by atoms with Gasteiger partial charge in [-0.05, 0) is 51.8 Å². The lowest BCUT2D eigenvalue weighted by atomic mass is 9.88. The van der Waals surface area contributed by atoms with Gasteiger partial charge in [-0.15, -0.1) is 0 Å². The Bertz CT molecular complexity index is 1050. The quantitative estimate of drug-likeness (QED) is 0.622. The van der Waals surface area contributed by atoms with Crippen LogP contribution in [-0.2, 0) is 15.7 Å². The average Bonchev–Trinajstić information content (AvgIpc) is 3.17. The molecular weight excluding hydrogens is 421 g/mol. The summed E-state index contributed by atoms with van der Waals surface area (Å²) in [5.41, 5.74) is 1.08. The molecule has 0 saturated carbocycles. The van der Waals surface area contributed by atoms with Gasteiger partial charge in [-0.3, -0.25) is 4.79 Å². The number of piperidine rings is 1. The number of hydrogen-bond donors (Lipinski definition) is 0. The second-order valence-corrected chi connectivity index (χ2v) is 8.82. The molecule has 172 valence electrons. The first-order chi connectivity index (χ1) is 15.1. The number of fused-ring (bicyclic) bond motifs is 1. The summed E-state index contributed by atoms with van der Waals surface area (Å²) < 4.78 is 50.0. The van der Waals surface area contributed by atoms with Crippen LogP contribution in [0.2, 0.25) is 0 Å². The number of aromatic nitrogens is 1. The van der Waals surface area contributed by atoms with Crippen molar-refractivity contribution in [3.8, 4) is 0 Å². The number of carbonyl (C=O) groups excluding carboxylic acids is 1. The molecule has 2 atom stereocenters. The molecule has 1 aliphatic heterocycles. The van der Waals surface area contributed by atoms with Gasteiger partial charge in [0, 0.05) is 24.4 Å². The Morgan fingerprint density at radius 1 is 1.25 bits per heavy atom. The van der Waals surface area contributed by atoms with Gasteiger partial charge in [0.25, 0.3) is 0 Å². The first-order valence-corrected chi connectivity index (χ1v) is 10.9. The van der Waals surface area contributed by atoms with Gasteiger partial charge in [0.1, 0.15) is 0 Å². The highest BCUT2D eigenvalue weighted by molar-refractivity contribution is 5.83. The molecule has 1 aliphatic carbocycles. The van der Waals surface area contributed by atoms with Gasteiger partial charge in [0.05, 0.1) is 29.4 Å². The number of ether oxygens (including phenoxy) is 1. The maximum atomic E-state index is 13.3. The minimum Gasteiger partial charge on any atom is -0.370 e. The Kier molecular flexibility index (Phi) is 6.16. The second-order valence-electron chi connectivity index (χ2n) is 8.82. The molecular formula is C24H27F3N2O3. The summed E-state index contributed by atoms with van der Waals surface area (Å²) in [5, 5.41) is 4.67. The second kappa shape index (κ2) is 8.73. The Hall–Kier alpha value is -2.61. The maximum Gasteiger partial charge on any atom is 0.416 e. The van der Waals surface area contributed by atoms with E-state index in [1.165, 1.54) is 6.07 Å². The number of halogens is 3. The van der Waals surface area contributed by atoms with Crippen LogP contribution in [0.5, 0.6) is 0 Å². The summed E-state index contributed by atoms with van der Waals surface area (Å²) in [7, 11) is 0. The lowest BCUT2D eigenvalue weighted by Crippen LogP contribution is -2.45. The molecule has 0 bridgehead atoms. The Balaban J connectivity index is 1.45. The van der Waals surface area contributed by atoms with E-state index in [0.29, 0.717) is 37.0 Å². The highest BCUT2D eigenvalue weighted by atomic mass is 19.4. The molecule has 0 spiro atoms. The number of nitrogens with zero attached hydrogens (tertiary/aromatic N) is 2. The molecule has 2 unspecified atom stereocenters. The van der Waals surface area contributed by atoms with E-state index in [2.05, 4.69) is 5.16 Å². The lowest BCUT2D eigenvalue weighted by molar-refractivity contribution is -0.139. The van der Waals surface area contributed by atoms with Crippen molar-refractivity contribution in [1.82, 2.24) is 10.1 Å². The van der Waals surface area contributed by atoms with Crippen LogP contribution in [0.3, 0.4) is 0 Å². The van der Waals surface area contributed by atoms with E-state index in [-0.39, 0.29) is 35.5 Å². The topological polar surface area (TPSA) is 55.6 Å². The SMILES string of the molecule is CC1=CC(C(=O)N2CCC(c3noc4cc(C(F)(F)F)ccc34)CC2)C(OC(C)C)C=C1. The number of carbonyl (C=O) groups is 1. The van der Waals surface area contributed by atoms with Crippen molar-refractivity contribution in [3.63, 3.8) is 0 Å². The number of likely N-dealkylation sites (tertiary alicyclic amines) is 1. The Morgan fingerprint density at radius 3 is 2.62 bits per heavy atom. The summed E-state index contributed by atoms with van der Waals surface area (Å²) >= 11 is 0. The van der Waals surface area contributed by atoms with Crippen LogP contribution in [0.1, 0.15) is 50.8 Å². The smallest absolute Gasteiger partial charge is 0.370 e. The molecule has 1 amide bonds. The van der Waals surface area contributed by atoms with E-state index in [9.17, 15) is 18.0 Å². The monoisotopic (exact) mass is 448 g/mol. The summed E-state index contributed by atoms with van der Waals surface area (Å²) in [5.74, 6) is -0.284. The van der Waals surface area contributed by atoms with Gasteiger partial charge < -0.3 is 14.2 Å². The van der Waals surface area contributed by atoms with Crippen LogP contribution >= 0.6 is 0 Å². The van der Waals surface area contributed by atoms with Gasteiger partial charge in [0.15, 0.2) is 5.58 Å². The van der Waals surface area contributed by atoms with Gasteiger partial charge in [-0.25, -0.2) is 0 Å². The highest BCUT2D eigenvalue weighted by Gasteiger charge is 2.35. The highest BCUT2D eigenvalue weighted by Crippen LogP contribution is 2.36. The molecule has 5 nitrogen and oxygen atoms in total. The molecule has 1 saturated heterocycles. The van der Waals surface area contributed by atoms with E-state index < -0.39 is 11.7 Å². The number of alkyl halides is 3. The zero-order valence-corrected chi connectivity index (χ0v) is 18.4. The summed E-state index contributed by atoms with van der Waals surface area (Å²) in [4.78, 5) is 15.1. The van der Waals surface area contributed by atoms with Gasteiger partial charge in [-0.2, -0.15) is 13.2 Å². The number of allylic oxidation sites excluding steroid dienone is 2. The standard InChI is InChI=1S/C24H27F3N2O3/c1-14(2)31-20-7-4-15(3)12-19(20)23(30)29-10-8-16(9-11-29)22-18-6-5-17(24(25,26)27)13-21(18)32-28-22/h4-7,12-14,16,19-20H,8-11H2,1-3H3. The molecule has 32 heavy (non-hydrogen) atoms. The normalized spacial score (nSPS) is 22.6. The fourth-order valence-corrected chi connectivity index (χ4v) is 4.47. The molecule has 0 radical (unpaired) electrons. The lowest BCUT2D eigenvalue weighted by Gasteiger charge is -2.35. The van der Waals surface area contributed by atoms with E-state index >= 15 is 0 Å². The number of amides is 1. The van der Waals surface area contributed by atoms with Crippen molar-refractivity contribution in [3.05, 3.63) is 53.3 Å². The summed E-state index contributed by atoms with van der Waals surface area (Å²) in [6.07, 6.45) is 2.53. The van der Waals surface area contributed by atoms with Gasteiger partial charge >= 0.3 is 6.18 Å². The largest absolute Gasteiger partial charge is 0.416 e. The zero-order chi connectivity index (χ0) is 23.0. The summed E-state index contributed by atoms with van der Waals surface area (Å²) in [6.45, 7) is 6.98. The van der Waals surface area contributed by atoms with Gasteiger partial charge in [0.2, 0.25) is 5.91 Å². The minimum atomic E-state index is -4.43. The fourth-order valence-electron chi connectivity index (χ4n) is 4.47. The van der Waals surface area contributed by atoms with Crippen molar-refractivity contribution >= 4 is 16.9 Å². The predicted molar refractivity (Wildman–Crippen MR) is 114 cm³/mol. The Labute approximate surface area is 184 Å². The molecule has 2 heterocycles. The number of benzene rings is 1. The van der Waals surface area contributed by atoms with Crippen LogP contribution in [0.25, 0.3) is 11.0 Å². The minimum absolute atomic E-state index is 0.0100. The third-order valence-corrected chi connectivity index (χ3v) is 6.08. The molecule has 1 aromatic heterocycles. The van der Waals surface area contributed by atoms with E-state index in [1.54, 1.807) is 0 Å². The molecule has 4 rings (SSSR count). The first-order valence-electron chi connectivity index (χ1n) is 10.9. The van der Waals surface area contributed by atoms with Gasteiger partial charge in [-0.1, -0.05) is 29.0 Å². The van der Waals surface area contributed by atoms with Crippen molar-refractivity contribution < 1.29 is 27.2 Å². The van der Waals surface area contributed by atoms with Crippen LogP contribution < -0.4 is 0 Å². The Morgan fingerprint density at radius 2 is 1.97 bits per heavy atom. The van der Waals surface area contributed by atoms with Crippen molar-refractivity contribution in [1.29, 1.82) is 0 Å². The number of rotatable bonds is 4. The van der Waals surface area contributed by atoms with E-state index in [0.717, 1.165) is 17.7 Å². The third kappa shape index (κ3) is 4.60.